The summed E-state index contributed by atoms with van der Waals surface area (Å²) in [6.45, 7) is 4.85. The van der Waals surface area contributed by atoms with Crippen molar-refractivity contribution in [3.05, 3.63) is 46.2 Å². The Morgan fingerprint density at radius 3 is 2.57 bits per heavy atom. The summed E-state index contributed by atoms with van der Waals surface area (Å²) in [6.07, 6.45) is 3.87. The van der Waals surface area contributed by atoms with E-state index in [-0.39, 0.29) is 5.91 Å². The van der Waals surface area contributed by atoms with Crippen molar-refractivity contribution in [3.63, 3.8) is 0 Å². The van der Waals surface area contributed by atoms with E-state index in [4.69, 9.17) is 23.2 Å². The number of halogens is 2. The monoisotopic (exact) mass is 352 g/mol. The topological polar surface area (TPSA) is 66.9 Å². The van der Waals surface area contributed by atoms with Gasteiger partial charge < -0.3 is 10.6 Å². The molecule has 0 saturated carbocycles. The fourth-order valence-corrected chi connectivity index (χ4v) is 2.15. The van der Waals surface area contributed by atoms with Crippen LogP contribution in [0.3, 0.4) is 0 Å². The Balaban J connectivity index is 1.99. The predicted octanol–water partition coefficient (Wildman–Crippen LogP) is 4.30. The molecule has 1 aromatic carbocycles. The Bertz CT molecular complexity index is 674. The number of anilines is 2. The van der Waals surface area contributed by atoms with Gasteiger partial charge in [-0.05, 0) is 24.5 Å². The molecule has 0 bridgehead atoms. The van der Waals surface area contributed by atoms with Gasteiger partial charge in [-0.3, -0.25) is 4.79 Å². The van der Waals surface area contributed by atoms with Crippen LogP contribution in [0.4, 0.5) is 11.6 Å². The molecule has 0 radical (unpaired) electrons. The van der Waals surface area contributed by atoms with Crippen LogP contribution < -0.4 is 10.6 Å². The molecule has 0 unspecified atom stereocenters. The standard InChI is InChI=1S/C16H18Cl2N4O/c1-10(2)6-7-19-15(23)11-8-20-16(21-9-11)22-13-5-3-4-12(17)14(13)18/h3-5,8-10H,6-7H2,1-2H3,(H,19,23)(H,20,21,22). The molecule has 2 N–H and O–H groups in total. The largest absolute Gasteiger partial charge is 0.352 e. The highest BCUT2D eigenvalue weighted by atomic mass is 35.5. The molecule has 2 aromatic rings. The fourth-order valence-electron chi connectivity index (χ4n) is 1.81. The number of hydrogen-bond acceptors (Lipinski definition) is 4. The molecule has 2 rings (SSSR count). The maximum Gasteiger partial charge on any atom is 0.254 e. The first kappa shape index (κ1) is 17.5. The van der Waals surface area contributed by atoms with Gasteiger partial charge in [-0.2, -0.15) is 0 Å². The van der Waals surface area contributed by atoms with E-state index < -0.39 is 0 Å². The molecular weight excluding hydrogens is 335 g/mol. The molecule has 1 amide bonds. The van der Waals surface area contributed by atoms with Gasteiger partial charge in [-0.25, -0.2) is 9.97 Å². The van der Waals surface area contributed by atoms with Crippen molar-refractivity contribution >= 4 is 40.7 Å². The zero-order valence-electron chi connectivity index (χ0n) is 12.9. The van der Waals surface area contributed by atoms with Gasteiger partial charge in [0, 0.05) is 18.9 Å². The molecule has 0 atom stereocenters. The number of hydrogen-bond donors (Lipinski definition) is 2. The van der Waals surface area contributed by atoms with Crippen LogP contribution in [-0.4, -0.2) is 22.4 Å². The van der Waals surface area contributed by atoms with Gasteiger partial charge in [-0.1, -0.05) is 43.1 Å². The molecule has 23 heavy (non-hydrogen) atoms. The summed E-state index contributed by atoms with van der Waals surface area (Å²) >= 11 is 12.0. The Morgan fingerprint density at radius 1 is 1.22 bits per heavy atom. The number of nitrogens with one attached hydrogen (secondary N) is 2. The Hall–Kier alpha value is -1.85. The van der Waals surface area contributed by atoms with E-state index in [1.54, 1.807) is 18.2 Å². The van der Waals surface area contributed by atoms with Gasteiger partial charge in [-0.15, -0.1) is 0 Å². The second kappa shape index (κ2) is 8.13. The van der Waals surface area contributed by atoms with E-state index in [1.807, 2.05) is 0 Å². The fraction of sp³-hybridized carbons (Fsp3) is 0.312. The van der Waals surface area contributed by atoms with Crippen LogP contribution in [0.5, 0.6) is 0 Å². The summed E-state index contributed by atoms with van der Waals surface area (Å²) in [5, 5.41) is 6.64. The van der Waals surface area contributed by atoms with Crippen LogP contribution in [0.1, 0.15) is 30.6 Å². The Labute approximate surface area is 145 Å². The number of carbonyl (C=O) groups is 1. The van der Waals surface area contributed by atoms with E-state index >= 15 is 0 Å². The number of nitrogens with zero attached hydrogens (tertiary/aromatic N) is 2. The Kier molecular flexibility index (Phi) is 6.19. The normalized spacial score (nSPS) is 10.7. The third kappa shape index (κ3) is 5.08. The summed E-state index contributed by atoms with van der Waals surface area (Å²) in [7, 11) is 0. The quantitative estimate of drug-likeness (QED) is 0.812. The average molecular weight is 353 g/mol. The molecule has 0 saturated heterocycles. The molecule has 0 spiro atoms. The number of amides is 1. The first-order chi connectivity index (χ1) is 11.0. The molecule has 122 valence electrons. The molecular formula is C16H18Cl2N4O. The second-order valence-corrected chi connectivity index (χ2v) is 6.25. The first-order valence-electron chi connectivity index (χ1n) is 7.28. The second-order valence-electron chi connectivity index (χ2n) is 5.46. The number of carbonyl (C=O) groups excluding carboxylic acids is 1. The molecule has 0 aliphatic heterocycles. The maximum atomic E-state index is 11.9. The number of rotatable bonds is 6. The average Bonchev–Trinajstić information content (AvgIpc) is 2.52. The maximum absolute atomic E-state index is 11.9. The minimum Gasteiger partial charge on any atom is -0.352 e. The molecule has 0 fully saturated rings. The third-order valence-corrected chi connectivity index (χ3v) is 3.94. The summed E-state index contributed by atoms with van der Waals surface area (Å²) in [5.41, 5.74) is 1.02. The van der Waals surface area contributed by atoms with Gasteiger partial charge in [0.1, 0.15) is 0 Å². The van der Waals surface area contributed by atoms with Gasteiger partial charge in [0.05, 0.1) is 21.3 Å². The van der Waals surface area contributed by atoms with Crippen LogP contribution in [-0.2, 0) is 0 Å². The lowest BCUT2D eigenvalue weighted by Gasteiger charge is -2.09. The third-order valence-electron chi connectivity index (χ3n) is 3.12. The van der Waals surface area contributed by atoms with Crippen molar-refractivity contribution in [3.8, 4) is 0 Å². The number of benzene rings is 1. The lowest BCUT2D eigenvalue weighted by atomic mass is 10.1. The van der Waals surface area contributed by atoms with E-state index in [9.17, 15) is 4.79 Å². The van der Waals surface area contributed by atoms with Crippen LogP contribution in [0, 0.1) is 5.92 Å². The van der Waals surface area contributed by atoms with Crippen LogP contribution >= 0.6 is 23.2 Å². The van der Waals surface area contributed by atoms with Crippen molar-refractivity contribution in [2.45, 2.75) is 20.3 Å². The molecule has 0 aliphatic rings. The zero-order valence-corrected chi connectivity index (χ0v) is 14.4. The molecule has 1 heterocycles. The smallest absolute Gasteiger partial charge is 0.254 e. The highest BCUT2D eigenvalue weighted by Crippen LogP contribution is 2.30. The van der Waals surface area contributed by atoms with Crippen molar-refractivity contribution < 1.29 is 4.79 Å². The molecule has 0 aliphatic carbocycles. The van der Waals surface area contributed by atoms with Crippen LogP contribution in [0.15, 0.2) is 30.6 Å². The lowest BCUT2D eigenvalue weighted by molar-refractivity contribution is 0.0951. The Morgan fingerprint density at radius 2 is 1.91 bits per heavy atom. The summed E-state index contributed by atoms with van der Waals surface area (Å²) in [6, 6.07) is 5.23. The summed E-state index contributed by atoms with van der Waals surface area (Å²) in [4.78, 5) is 20.2. The van der Waals surface area contributed by atoms with Crippen LogP contribution in [0.25, 0.3) is 0 Å². The predicted molar refractivity (Wildman–Crippen MR) is 93.6 cm³/mol. The van der Waals surface area contributed by atoms with Crippen molar-refractivity contribution in [2.75, 3.05) is 11.9 Å². The van der Waals surface area contributed by atoms with E-state index in [2.05, 4.69) is 34.4 Å². The lowest BCUT2D eigenvalue weighted by Crippen LogP contribution is -2.25. The van der Waals surface area contributed by atoms with E-state index in [0.717, 1.165) is 6.42 Å². The minimum absolute atomic E-state index is 0.182. The minimum atomic E-state index is -0.182. The highest BCUT2D eigenvalue weighted by Gasteiger charge is 2.09. The van der Waals surface area contributed by atoms with Gasteiger partial charge in [0.2, 0.25) is 5.95 Å². The number of aromatic nitrogens is 2. The molecule has 1 aromatic heterocycles. The van der Waals surface area contributed by atoms with Crippen molar-refractivity contribution in [1.29, 1.82) is 0 Å². The summed E-state index contributed by atoms with van der Waals surface area (Å²) < 4.78 is 0. The zero-order chi connectivity index (χ0) is 16.8. The van der Waals surface area contributed by atoms with E-state index in [1.165, 1.54) is 12.4 Å². The van der Waals surface area contributed by atoms with Gasteiger partial charge in [0.15, 0.2) is 0 Å². The first-order valence-corrected chi connectivity index (χ1v) is 8.04. The van der Waals surface area contributed by atoms with Crippen LogP contribution in [0.2, 0.25) is 10.0 Å². The van der Waals surface area contributed by atoms with Crippen molar-refractivity contribution in [2.24, 2.45) is 5.92 Å². The van der Waals surface area contributed by atoms with Gasteiger partial charge in [0.25, 0.3) is 5.91 Å². The van der Waals surface area contributed by atoms with Gasteiger partial charge >= 0.3 is 0 Å². The SMILES string of the molecule is CC(C)CCNC(=O)c1cnc(Nc2cccc(Cl)c2Cl)nc1. The molecule has 7 heteroatoms. The van der Waals surface area contributed by atoms with Crippen molar-refractivity contribution in [1.82, 2.24) is 15.3 Å². The highest BCUT2D eigenvalue weighted by molar-refractivity contribution is 6.43. The van der Waals surface area contributed by atoms with E-state index in [0.29, 0.717) is 39.7 Å². The summed E-state index contributed by atoms with van der Waals surface area (Å²) in [5.74, 6) is 0.700. The molecule has 5 nitrogen and oxygen atoms in total.